The van der Waals surface area contributed by atoms with Crippen molar-refractivity contribution < 1.29 is 4.39 Å². The molecular weight excluding hydrogens is 503 g/mol. The zero-order chi connectivity index (χ0) is 27.0. The van der Waals surface area contributed by atoms with Crippen LogP contribution in [-0.2, 0) is 0 Å². The number of H-pyrrole nitrogens is 1. The monoisotopic (exact) mass is 530 g/mol. The van der Waals surface area contributed by atoms with E-state index in [9.17, 15) is 4.39 Å². The average molecular weight is 531 g/mol. The third-order valence-electron chi connectivity index (χ3n) is 8.64. The lowest BCUT2D eigenvalue weighted by Gasteiger charge is -2.34. The predicted molar refractivity (Wildman–Crippen MR) is 154 cm³/mol. The molecule has 198 valence electrons. The maximum Gasteiger partial charge on any atom is 0.164 e. The normalized spacial score (nSPS) is 18.9. The summed E-state index contributed by atoms with van der Waals surface area (Å²) in [6, 6.07) is 17.1. The number of nitrogens with zero attached hydrogens (tertiary/aromatic N) is 7. The summed E-state index contributed by atoms with van der Waals surface area (Å²) in [5.41, 5.74) is 8.87. The van der Waals surface area contributed by atoms with Gasteiger partial charge in [0.05, 0.1) is 17.5 Å². The molecule has 2 aromatic carbocycles. The van der Waals surface area contributed by atoms with E-state index < -0.39 is 0 Å². The maximum atomic E-state index is 14.6. The Morgan fingerprint density at radius 1 is 0.950 bits per heavy atom. The number of likely N-dealkylation sites (N-methyl/N-ethyl adjacent to an activating group) is 1. The molecule has 1 N–H and O–H groups in total. The van der Waals surface area contributed by atoms with Crippen LogP contribution in [0.4, 0.5) is 10.1 Å². The fourth-order valence-electron chi connectivity index (χ4n) is 6.63. The summed E-state index contributed by atoms with van der Waals surface area (Å²) >= 11 is 0. The number of halogens is 1. The van der Waals surface area contributed by atoms with Crippen LogP contribution in [0.3, 0.4) is 0 Å². The van der Waals surface area contributed by atoms with Crippen molar-refractivity contribution in [1.29, 1.82) is 0 Å². The molecular formula is C31H27FN8. The number of aromatic amines is 1. The van der Waals surface area contributed by atoms with Crippen LogP contribution in [0.1, 0.15) is 12.0 Å². The summed E-state index contributed by atoms with van der Waals surface area (Å²) in [6.45, 7) is 4.36. The van der Waals surface area contributed by atoms with Crippen LogP contribution in [0.25, 0.3) is 50.2 Å². The van der Waals surface area contributed by atoms with Crippen LogP contribution in [0.15, 0.2) is 73.3 Å². The number of fused-ring (bicyclic) bond motifs is 4. The fraction of sp³-hybridized carbons (Fsp3) is 0.226. The lowest BCUT2D eigenvalue weighted by Crippen LogP contribution is -2.44. The number of hydrogen-bond donors (Lipinski definition) is 1. The number of piperazine rings is 1. The Bertz CT molecular complexity index is 1910. The first-order chi connectivity index (χ1) is 19.6. The van der Waals surface area contributed by atoms with Crippen molar-refractivity contribution in [2.75, 3.05) is 25.0 Å². The molecule has 2 aliphatic rings. The maximum absolute atomic E-state index is 14.6. The Morgan fingerprint density at radius 3 is 2.58 bits per heavy atom. The molecule has 4 aromatic heterocycles. The summed E-state index contributed by atoms with van der Waals surface area (Å²) in [5.74, 6) is -0.347. The van der Waals surface area contributed by atoms with E-state index in [2.05, 4.69) is 57.2 Å². The van der Waals surface area contributed by atoms with Gasteiger partial charge in [-0.3, -0.25) is 15.0 Å². The Morgan fingerprint density at radius 2 is 1.80 bits per heavy atom. The molecule has 0 spiro atoms. The second-order valence-electron chi connectivity index (χ2n) is 10.9. The molecule has 8 nitrogen and oxygen atoms in total. The van der Waals surface area contributed by atoms with Gasteiger partial charge < -0.3 is 4.90 Å². The molecule has 2 saturated heterocycles. The zero-order valence-corrected chi connectivity index (χ0v) is 22.2. The molecule has 9 heteroatoms. The highest BCUT2D eigenvalue weighted by atomic mass is 19.1. The van der Waals surface area contributed by atoms with E-state index in [1.54, 1.807) is 24.7 Å². The van der Waals surface area contributed by atoms with E-state index in [0.29, 0.717) is 28.6 Å². The molecule has 40 heavy (non-hydrogen) atoms. The largest absolute Gasteiger partial charge is 0.366 e. The summed E-state index contributed by atoms with van der Waals surface area (Å²) < 4.78 is 16.5. The minimum absolute atomic E-state index is 0.347. The number of rotatable bonds is 4. The number of hydrogen-bond acceptors (Lipinski definition) is 6. The van der Waals surface area contributed by atoms with Gasteiger partial charge in [-0.2, -0.15) is 10.2 Å². The molecule has 2 bridgehead atoms. The highest BCUT2D eigenvalue weighted by molar-refractivity contribution is 6.03. The summed E-state index contributed by atoms with van der Waals surface area (Å²) in [6.07, 6.45) is 8.22. The SMILES string of the molecule is Cc1cc(N2C[C@@H]3C[C@H]2CN3C)ccc1-c1ccnc2c(-c3ccc(F)c4[nH]ncc34)c(-c3ccncc3)nn12. The standard InChI is InChI=1S/C31H27FN8/c1-18-13-20(39-17-21-14-22(39)16-38(21)2)3-4-23(18)27-9-12-34-31-28(24-5-6-26(32)30-25(24)15-35-36-30)29(37-40(27)31)19-7-10-33-11-8-19/h3-13,15,21-22H,14,16-17H2,1-2H3,(H,35,36)/t21-,22-/m0/s1. The Balaban J connectivity index is 1.31. The van der Waals surface area contributed by atoms with Gasteiger partial charge >= 0.3 is 0 Å². The quantitative estimate of drug-likeness (QED) is 0.332. The molecule has 0 amide bonds. The first-order valence-corrected chi connectivity index (χ1v) is 13.5. The van der Waals surface area contributed by atoms with E-state index >= 15 is 0 Å². The van der Waals surface area contributed by atoms with Gasteiger partial charge in [0.2, 0.25) is 0 Å². The highest BCUT2D eigenvalue weighted by Crippen LogP contribution is 2.40. The van der Waals surface area contributed by atoms with Gasteiger partial charge in [-0.25, -0.2) is 13.9 Å². The average Bonchev–Trinajstić information content (AvgIpc) is 3.77. The van der Waals surface area contributed by atoms with Crippen molar-refractivity contribution in [3.05, 3.63) is 84.7 Å². The summed E-state index contributed by atoms with van der Waals surface area (Å²) in [4.78, 5) is 14.0. The van der Waals surface area contributed by atoms with E-state index in [1.165, 1.54) is 23.7 Å². The molecule has 0 aliphatic carbocycles. The van der Waals surface area contributed by atoms with Crippen LogP contribution in [0, 0.1) is 12.7 Å². The van der Waals surface area contributed by atoms with Crippen molar-refractivity contribution in [3.8, 4) is 33.6 Å². The zero-order valence-electron chi connectivity index (χ0n) is 22.2. The topological polar surface area (TPSA) is 78.2 Å². The molecule has 2 fully saturated rings. The number of aryl methyl sites for hydroxylation is 1. The number of aromatic nitrogens is 6. The Hall–Kier alpha value is -4.63. The van der Waals surface area contributed by atoms with Crippen LogP contribution >= 0.6 is 0 Å². The highest BCUT2D eigenvalue weighted by Gasteiger charge is 2.41. The smallest absolute Gasteiger partial charge is 0.164 e. The van der Waals surface area contributed by atoms with E-state index in [4.69, 9.17) is 10.1 Å². The van der Waals surface area contributed by atoms with E-state index in [0.717, 1.165) is 46.7 Å². The van der Waals surface area contributed by atoms with Crippen LogP contribution in [0.5, 0.6) is 0 Å². The number of pyridine rings is 1. The molecule has 0 unspecified atom stereocenters. The minimum Gasteiger partial charge on any atom is -0.366 e. The molecule has 2 atom stereocenters. The fourth-order valence-corrected chi connectivity index (χ4v) is 6.63. The second-order valence-corrected chi connectivity index (χ2v) is 10.9. The van der Waals surface area contributed by atoms with Crippen LogP contribution in [0.2, 0.25) is 0 Å². The van der Waals surface area contributed by atoms with Crippen molar-refractivity contribution in [1.82, 2.24) is 34.7 Å². The number of benzene rings is 2. The van der Waals surface area contributed by atoms with E-state index in [-0.39, 0.29) is 5.82 Å². The molecule has 0 radical (unpaired) electrons. The van der Waals surface area contributed by atoms with Gasteiger partial charge in [-0.1, -0.05) is 12.1 Å². The Kier molecular flexibility index (Phi) is 5.06. The van der Waals surface area contributed by atoms with Crippen molar-refractivity contribution in [2.45, 2.75) is 25.4 Å². The molecule has 8 rings (SSSR count). The third-order valence-corrected chi connectivity index (χ3v) is 8.64. The van der Waals surface area contributed by atoms with Crippen molar-refractivity contribution >= 4 is 22.2 Å². The number of likely N-dealkylation sites (tertiary alicyclic amines) is 1. The lowest BCUT2D eigenvalue weighted by atomic mass is 9.98. The van der Waals surface area contributed by atoms with Gasteiger partial charge in [0, 0.05) is 66.0 Å². The second kappa shape index (κ2) is 8.69. The summed E-state index contributed by atoms with van der Waals surface area (Å²) in [5, 5.41) is 12.7. The molecule has 0 saturated carbocycles. The third kappa shape index (κ3) is 3.40. The summed E-state index contributed by atoms with van der Waals surface area (Å²) in [7, 11) is 2.23. The number of nitrogens with one attached hydrogen (secondary N) is 1. The van der Waals surface area contributed by atoms with E-state index in [1.807, 2.05) is 28.9 Å². The lowest BCUT2D eigenvalue weighted by molar-refractivity contribution is 0.292. The van der Waals surface area contributed by atoms with Crippen molar-refractivity contribution in [3.63, 3.8) is 0 Å². The minimum atomic E-state index is -0.347. The van der Waals surface area contributed by atoms with Crippen molar-refractivity contribution in [2.24, 2.45) is 0 Å². The molecule has 6 aromatic rings. The first-order valence-electron chi connectivity index (χ1n) is 13.5. The molecule has 2 aliphatic heterocycles. The van der Waals surface area contributed by atoms with Crippen LogP contribution < -0.4 is 4.90 Å². The van der Waals surface area contributed by atoms with Gasteiger partial charge in [-0.05, 0) is 67.9 Å². The van der Waals surface area contributed by atoms with Gasteiger partial charge in [0.15, 0.2) is 5.65 Å². The first kappa shape index (κ1) is 23.3. The molecule has 6 heterocycles. The van der Waals surface area contributed by atoms with Gasteiger partial charge in [-0.15, -0.1) is 0 Å². The Labute approximate surface area is 230 Å². The van der Waals surface area contributed by atoms with Crippen LogP contribution in [-0.4, -0.2) is 66.9 Å². The van der Waals surface area contributed by atoms with Gasteiger partial charge in [0.25, 0.3) is 0 Å². The predicted octanol–water partition coefficient (Wildman–Crippen LogP) is 5.34. The number of anilines is 1. The van der Waals surface area contributed by atoms with Gasteiger partial charge in [0.1, 0.15) is 17.0 Å².